The number of ether oxygens (including phenoxy) is 2. The van der Waals surface area contributed by atoms with Gasteiger partial charge in [-0.25, -0.2) is 0 Å². The van der Waals surface area contributed by atoms with Gasteiger partial charge in [0.05, 0.1) is 26.4 Å². The van der Waals surface area contributed by atoms with Crippen LogP contribution in [-0.4, -0.2) is 68.4 Å². The van der Waals surface area contributed by atoms with E-state index in [2.05, 4.69) is 26.6 Å². The van der Waals surface area contributed by atoms with E-state index < -0.39 is 0 Å². The second-order valence-electron chi connectivity index (χ2n) is 6.50. The lowest BCUT2D eigenvalue weighted by molar-refractivity contribution is -0.0683. The lowest BCUT2D eigenvalue weighted by Crippen LogP contribution is -2.53. The third-order valence-electron chi connectivity index (χ3n) is 5.18. The molecule has 0 unspecified atom stereocenters. The van der Waals surface area contributed by atoms with Crippen LogP contribution in [0.3, 0.4) is 0 Å². The monoisotopic (exact) mass is 308 g/mol. The minimum Gasteiger partial charge on any atom is -0.379 e. The summed E-state index contributed by atoms with van der Waals surface area (Å²) in [6.45, 7) is 9.29. The highest BCUT2D eigenvalue weighted by atomic mass is 32.1. The van der Waals surface area contributed by atoms with Crippen LogP contribution in [0.15, 0.2) is 16.8 Å². The largest absolute Gasteiger partial charge is 0.379 e. The first-order valence-corrected chi connectivity index (χ1v) is 8.97. The Balaban J connectivity index is 1.42. The highest BCUT2D eigenvalue weighted by molar-refractivity contribution is 7.07. The molecule has 0 N–H and O–H groups in total. The Morgan fingerprint density at radius 3 is 2.86 bits per heavy atom. The zero-order valence-electron chi connectivity index (χ0n) is 12.4. The average molecular weight is 308 g/mol. The van der Waals surface area contributed by atoms with Crippen molar-refractivity contribution in [1.29, 1.82) is 0 Å². The number of rotatable bonds is 3. The Kier molecular flexibility index (Phi) is 4.27. The van der Waals surface area contributed by atoms with E-state index in [0.29, 0.717) is 12.0 Å². The van der Waals surface area contributed by atoms with Crippen LogP contribution in [0.25, 0.3) is 0 Å². The fourth-order valence-corrected chi connectivity index (χ4v) is 4.78. The fourth-order valence-electron chi connectivity index (χ4n) is 4.12. The first-order valence-electron chi connectivity index (χ1n) is 8.03. The summed E-state index contributed by atoms with van der Waals surface area (Å²) in [5, 5.41) is 4.45. The van der Waals surface area contributed by atoms with Crippen LogP contribution in [0, 0.1) is 11.8 Å². The molecule has 21 heavy (non-hydrogen) atoms. The van der Waals surface area contributed by atoms with Crippen molar-refractivity contribution in [3.8, 4) is 0 Å². The molecule has 116 valence electrons. The summed E-state index contributed by atoms with van der Waals surface area (Å²) in [6, 6.07) is 2.85. The van der Waals surface area contributed by atoms with Gasteiger partial charge in [-0.3, -0.25) is 9.80 Å². The molecule has 3 aliphatic heterocycles. The summed E-state index contributed by atoms with van der Waals surface area (Å²) in [4.78, 5) is 5.23. The molecule has 0 spiro atoms. The quantitative estimate of drug-likeness (QED) is 0.845. The Bertz CT molecular complexity index is 447. The SMILES string of the molecule is c1cc(CN2C[C@H]3COC[C@H](N4CCOCC4)[C@H]3C2)cs1. The second kappa shape index (κ2) is 6.34. The maximum atomic E-state index is 5.93. The van der Waals surface area contributed by atoms with E-state index in [1.54, 1.807) is 11.3 Å². The van der Waals surface area contributed by atoms with E-state index >= 15 is 0 Å². The van der Waals surface area contributed by atoms with E-state index in [0.717, 1.165) is 52.0 Å². The highest BCUT2D eigenvalue weighted by Crippen LogP contribution is 2.34. The standard InChI is InChI=1S/C16H24N2O2S/c1-6-21-12-13(1)7-17-8-14-10-20-11-16(15(14)9-17)18-2-4-19-5-3-18/h1,6,12,14-16H,2-5,7-11H2/t14-,15-,16-/m0/s1. The molecule has 5 heteroatoms. The van der Waals surface area contributed by atoms with Gasteiger partial charge in [0, 0.05) is 44.7 Å². The lowest BCUT2D eigenvalue weighted by atomic mass is 9.86. The molecule has 3 atom stereocenters. The molecule has 0 radical (unpaired) electrons. The van der Waals surface area contributed by atoms with Gasteiger partial charge in [0.1, 0.15) is 0 Å². The van der Waals surface area contributed by atoms with Crippen molar-refractivity contribution in [2.45, 2.75) is 12.6 Å². The number of nitrogens with zero attached hydrogens (tertiary/aromatic N) is 2. The predicted molar refractivity (Wildman–Crippen MR) is 83.6 cm³/mol. The molecule has 1 aromatic rings. The summed E-state index contributed by atoms with van der Waals surface area (Å²) in [7, 11) is 0. The third-order valence-corrected chi connectivity index (χ3v) is 5.92. The molecule has 0 bridgehead atoms. The maximum Gasteiger partial charge on any atom is 0.0625 e. The number of hydrogen-bond donors (Lipinski definition) is 0. The molecule has 0 aromatic carbocycles. The maximum absolute atomic E-state index is 5.93. The first kappa shape index (κ1) is 14.2. The van der Waals surface area contributed by atoms with Crippen molar-refractivity contribution in [2.24, 2.45) is 11.8 Å². The van der Waals surface area contributed by atoms with Gasteiger partial charge in [0.15, 0.2) is 0 Å². The van der Waals surface area contributed by atoms with Gasteiger partial charge >= 0.3 is 0 Å². The smallest absolute Gasteiger partial charge is 0.0625 e. The van der Waals surface area contributed by atoms with E-state index in [1.165, 1.54) is 18.7 Å². The molecule has 3 aliphatic rings. The highest BCUT2D eigenvalue weighted by Gasteiger charge is 2.43. The molecule has 0 saturated carbocycles. The number of fused-ring (bicyclic) bond motifs is 1. The van der Waals surface area contributed by atoms with Gasteiger partial charge in [0.2, 0.25) is 0 Å². The molecule has 4 heterocycles. The minimum absolute atomic E-state index is 0.597. The van der Waals surface area contributed by atoms with Crippen molar-refractivity contribution in [3.05, 3.63) is 22.4 Å². The van der Waals surface area contributed by atoms with Crippen molar-refractivity contribution in [3.63, 3.8) is 0 Å². The third kappa shape index (κ3) is 3.03. The fraction of sp³-hybridized carbons (Fsp3) is 0.750. The Morgan fingerprint density at radius 2 is 2.05 bits per heavy atom. The van der Waals surface area contributed by atoms with Gasteiger partial charge in [0.25, 0.3) is 0 Å². The predicted octanol–water partition coefficient (Wildman–Crippen LogP) is 1.53. The Hall–Kier alpha value is -0.460. The van der Waals surface area contributed by atoms with Crippen molar-refractivity contribution >= 4 is 11.3 Å². The minimum atomic E-state index is 0.597. The Morgan fingerprint density at radius 1 is 1.14 bits per heavy atom. The van der Waals surface area contributed by atoms with Crippen molar-refractivity contribution in [2.75, 3.05) is 52.6 Å². The van der Waals surface area contributed by atoms with Gasteiger partial charge < -0.3 is 9.47 Å². The number of thiophene rings is 1. The number of morpholine rings is 1. The van der Waals surface area contributed by atoms with Crippen molar-refractivity contribution < 1.29 is 9.47 Å². The lowest BCUT2D eigenvalue weighted by Gasteiger charge is -2.42. The average Bonchev–Trinajstić information content (AvgIpc) is 3.17. The topological polar surface area (TPSA) is 24.9 Å². The summed E-state index contributed by atoms with van der Waals surface area (Å²) in [6.07, 6.45) is 0. The summed E-state index contributed by atoms with van der Waals surface area (Å²) in [5.74, 6) is 1.49. The summed E-state index contributed by atoms with van der Waals surface area (Å²) >= 11 is 1.80. The first-order chi connectivity index (χ1) is 10.4. The molecule has 1 aromatic heterocycles. The molecule has 3 saturated heterocycles. The van der Waals surface area contributed by atoms with E-state index in [9.17, 15) is 0 Å². The van der Waals surface area contributed by atoms with Crippen LogP contribution in [-0.2, 0) is 16.0 Å². The van der Waals surface area contributed by atoms with Crippen LogP contribution in [0.4, 0.5) is 0 Å². The van der Waals surface area contributed by atoms with Crippen molar-refractivity contribution in [1.82, 2.24) is 9.80 Å². The van der Waals surface area contributed by atoms with E-state index in [4.69, 9.17) is 9.47 Å². The number of hydrogen-bond acceptors (Lipinski definition) is 5. The van der Waals surface area contributed by atoms with Crippen LogP contribution in [0.2, 0.25) is 0 Å². The van der Waals surface area contributed by atoms with Crippen LogP contribution < -0.4 is 0 Å². The molecular weight excluding hydrogens is 284 g/mol. The molecule has 3 fully saturated rings. The van der Waals surface area contributed by atoms with Gasteiger partial charge in [-0.05, 0) is 28.3 Å². The van der Waals surface area contributed by atoms with Gasteiger partial charge in [-0.1, -0.05) is 0 Å². The molecule has 0 aliphatic carbocycles. The zero-order chi connectivity index (χ0) is 14.1. The van der Waals surface area contributed by atoms with Gasteiger partial charge in [-0.2, -0.15) is 11.3 Å². The Labute approximate surface area is 130 Å². The van der Waals surface area contributed by atoms with Crippen LogP contribution in [0.5, 0.6) is 0 Å². The second-order valence-corrected chi connectivity index (χ2v) is 7.28. The molecule has 0 amide bonds. The number of likely N-dealkylation sites (tertiary alicyclic amines) is 1. The summed E-state index contributed by atoms with van der Waals surface area (Å²) < 4.78 is 11.4. The molecular formula is C16H24N2O2S. The van der Waals surface area contributed by atoms with Gasteiger partial charge in [-0.15, -0.1) is 0 Å². The van der Waals surface area contributed by atoms with Crippen LogP contribution in [0.1, 0.15) is 5.56 Å². The normalized spacial score (nSPS) is 35.0. The van der Waals surface area contributed by atoms with E-state index in [-0.39, 0.29) is 0 Å². The summed E-state index contributed by atoms with van der Waals surface area (Å²) in [5.41, 5.74) is 1.46. The van der Waals surface area contributed by atoms with Crippen LogP contribution >= 0.6 is 11.3 Å². The van der Waals surface area contributed by atoms with E-state index in [1.807, 2.05) is 0 Å². The zero-order valence-corrected chi connectivity index (χ0v) is 13.3. The molecule has 4 rings (SSSR count). The molecule has 4 nitrogen and oxygen atoms in total.